The minimum atomic E-state index is -3.38. The molecule has 2 saturated heterocycles. The van der Waals surface area contributed by atoms with Gasteiger partial charge in [0.05, 0.1) is 44.3 Å². The molecule has 4 heterocycles. The molecule has 0 N–H and O–H groups in total. The second kappa shape index (κ2) is 28.1. The molecule has 5 aromatic rings. The summed E-state index contributed by atoms with van der Waals surface area (Å²) in [7, 11) is -6.00. The molecule has 7 rings (SSSR count). The number of nitrogens with zero attached hydrogens (tertiary/aromatic N) is 3. The maximum absolute atomic E-state index is 12.9. The number of alkyl halides is 3. The van der Waals surface area contributed by atoms with Gasteiger partial charge in [0.1, 0.15) is 17.2 Å². The molecule has 0 aliphatic carbocycles. The molecular weight excluding hydrogens is 1010 g/mol. The molecule has 3 aromatic carbocycles. The summed E-state index contributed by atoms with van der Waals surface area (Å²) in [6.07, 6.45) is 1.55. The number of ether oxygens (including phenoxy) is 4. The van der Waals surface area contributed by atoms with Crippen molar-refractivity contribution in [2.24, 2.45) is 0 Å². The Morgan fingerprint density at radius 1 is 0.836 bits per heavy atom. The van der Waals surface area contributed by atoms with Gasteiger partial charge in [0.25, 0.3) is 0 Å². The Hall–Kier alpha value is -2.00. The van der Waals surface area contributed by atoms with Crippen LogP contribution in [0.4, 0.5) is 8.78 Å². The summed E-state index contributed by atoms with van der Waals surface area (Å²) in [5.74, 6) is 1.40. The molecule has 2 bridgehead atoms. The first-order chi connectivity index (χ1) is 30.9. The molecule has 2 fully saturated rings. The van der Waals surface area contributed by atoms with E-state index in [1.807, 2.05) is 82.3 Å². The third kappa shape index (κ3) is 19.6. The summed E-state index contributed by atoms with van der Waals surface area (Å²) in [4.78, 5) is 16.3. The number of esters is 1. The third-order valence-electron chi connectivity index (χ3n) is 8.48. The van der Waals surface area contributed by atoms with Gasteiger partial charge in [0.15, 0.2) is 5.65 Å². The van der Waals surface area contributed by atoms with Crippen LogP contribution >= 0.6 is 22.6 Å². The molecule has 2 aliphatic rings. The van der Waals surface area contributed by atoms with Gasteiger partial charge in [0, 0.05) is 45.4 Å². The molecule has 0 saturated carbocycles. The van der Waals surface area contributed by atoms with E-state index in [-0.39, 0.29) is 82.8 Å². The van der Waals surface area contributed by atoms with Crippen LogP contribution in [0.15, 0.2) is 91.1 Å². The molecule has 346 valence electrons. The van der Waals surface area contributed by atoms with Crippen LogP contribution in [0.1, 0.15) is 61.8 Å². The second-order valence-electron chi connectivity index (χ2n) is 14.0. The fourth-order valence-electron chi connectivity index (χ4n) is 5.61. The van der Waals surface area contributed by atoms with Gasteiger partial charge in [0.2, 0.25) is 5.88 Å². The van der Waals surface area contributed by atoms with Gasteiger partial charge in [-0.2, -0.15) is 8.78 Å². The van der Waals surface area contributed by atoms with Gasteiger partial charge in [-0.1, -0.05) is 56.3 Å². The van der Waals surface area contributed by atoms with Crippen LogP contribution in [0.3, 0.4) is 0 Å². The van der Waals surface area contributed by atoms with Crippen molar-refractivity contribution in [1.82, 2.24) is 14.6 Å². The smallest absolute Gasteiger partial charge is 0.833 e. The van der Waals surface area contributed by atoms with Crippen molar-refractivity contribution in [2.45, 2.75) is 58.6 Å². The van der Waals surface area contributed by atoms with Gasteiger partial charge >= 0.3 is 106 Å². The first-order valence-electron chi connectivity index (χ1n) is 19.8. The predicted molar refractivity (Wildman–Crippen MR) is 237 cm³/mol. The van der Waals surface area contributed by atoms with E-state index in [0.29, 0.717) is 43.3 Å². The molecule has 2 aromatic heterocycles. The summed E-state index contributed by atoms with van der Waals surface area (Å²) in [6, 6.07) is 25.6. The third-order valence-corrected chi connectivity index (χ3v) is 11.1. The van der Waals surface area contributed by atoms with Crippen molar-refractivity contribution in [3.05, 3.63) is 114 Å². The Morgan fingerprint density at radius 3 is 2.00 bits per heavy atom. The van der Waals surface area contributed by atoms with Gasteiger partial charge in [-0.05, 0) is 75.2 Å². The van der Waals surface area contributed by atoms with Crippen molar-refractivity contribution >= 4 is 75.4 Å². The quantitative estimate of drug-likeness (QED) is 0.0519. The number of aromatic nitrogens is 3. The molecule has 0 atom stereocenters. The number of para-hydroxylation sites is 1. The molecule has 67 heavy (non-hydrogen) atoms. The number of halogens is 3. The van der Waals surface area contributed by atoms with E-state index in [1.165, 1.54) is 16.6 Å². The first-order valence-corrected chi connectivity index (χ1v) is 23.2. The number of carbonyl (C=O) groups is 1. The zero-order chi connectivity index (χ0) is 47.2. The van der Waals surface area contributed by atoms with Gasteiger partial charge in [-0.25, -0.2) is 14.3 Å². The van der Waals surface area contributed by atoms with Crippen LogP contribution in [0, 0.1) is 6.92 Å². The molecule has 29 heteroatoms. The zero-order valence-electron chi connectivity index (χ0n) is 38.0. The number of carbonyl (C=O) groups excluding carboxylic acids is 1. The Morgan fingerprint density at radius 2 is 1.43 bits per heavy atom. The van der Waals surface area contributed by atoms with Crippen LogP contribution < -0.4 is 83.2 Å². The number of aryl methyl sites for hydroxylation is 1. The SMILES string of the molecule is CC(C)(COCc1cccc(Oc2ccccc2)c1)c1ccc(OC(F)(F)Br)cc1.CCOC(=O)c1cn2nc(OP(=S)(OCC)OCC)cc2nc1C.[Na+].[Na+].[O-]B1OB2OB([O-])OB(O1)O2. The minimum absolute atomic E-state index is 0. The first kappa shape index (κ1) is 59.3. The van der Waals surface area contributed by atoms with E-state index in [0.717, 1.165) is 22.6 Å². The summed E-state index contributed by atoms with van der Waals surface area (Å²) in [6.45, 7) is 10.2. The van der Waals surface area contributed by atoms with Crippen molar-refractivity contribution in [2.75, 3.05) is 26.4 Å². The topological polar surface area (TPSA) is 204 Å². The predicted octanol–water partition coefficient (Wildman–Crippen LogP) is -0.0472. The molecule has 18 nitrogen and oxygen atoms in total. The summed E-state index contributed by atoms with van der Waals surface area (Å²) >= 11 is 7.48. The fraction of sp³-hybridized carbons (Fsp3) is 0.342. The van der Waals surface area contributed by atoms with Gasteiger partial charge in [-0.3, -0.25) is 9.05 Å². The van der Waals surface area contributed by atoms with Crippen molar-refractivity contribution in [3.63, 3.8) is 0 Å². The number of benzene rings is 3. The van der Waals surface area contributed by atoms with E-state index in [4.69, 9.17) is 39.6 Å². The van der Waals surface area contributed by atoms with Crippen molar-refractivity contribution in [3.8, 4) is 23.1 Å². The molecular formula is C38H43B4BrF2N3Na2O15PS. The molecule has 0 spiro atoms. The van der Waals surface area contributed by atoms with Crippen LogP contribution in [0.25, 0.3) is 5.65 Å². The largest absolute Gasteiger partial charge is 1.00 e. The Kier molecular flexibility index (Phi) is 24.9. The average Bonchev–Trinajstić information content (AvgIpc) is 3.61. The maximum Gasteiger partial charge on any atom is 1.00 e. The number of hydrogen-bond acceptors (Lipinski definition) is 18. The van der Waals surface area contributed by atoms with E-state index in [9.17, 15) is 23.6 Å². The normalized spacial score (nSPS) is 13.5. The van der Waals surface area contributed by atoms with E-state index in [1.54, 1.807) is 38.2 Å². The average molecular weight is 1050 g/mol. The molecule has 0 unspecified atom stereocenters. The van der Waals surface area contributed by atoms with Crippen LogP contribution in [-0.2, 0) is 65.2 Å². The number of rotatable bonds is 17. The Bertz CT molecular complexity index is 2320. The van der Waals surface area contributed by atoms with Gasteiger partial charge < -0.3 is 56.4 Å². The van der Waals surface area contributed by atoms with Crippen LogP contribution in [0.2, 0.25) is 0 Å². The monoisotopic (exact) mass is 1050 g/mol. The summed E-state index contributed by atoms with van der Waals surface area (Å²) in [5, 5.41) is 21.8. The van der Waals surface area contributed by atoms with Crippen molar-refractivity contribution in [1.29, 1.82) is 0 Å². The van der Waals surface area contributed by atoms with E-state index >= 15 is 0 Å². The van der Waals surface area contributed by atoms with E-state index in [2.05, 4.69) is 53.6 Å². The second-order valence-corrected chi connectivity index (χ2v) is 17.8. The molecule has 0 amide bonds. The fourth-order valence-corrected chi connectivity index (χ4v) is 7.79. The van der Waals surface area contributed by atoms with E-state index < -0.39 is 47.0 Å². The standard InChI is InChI=1S/C24H23BrF2O3.C14H20N3O5PS.B4O7.2Na/c1-23(2,19-11-13-21(14-12-19)30-24(25,26)27)17-28-16-18-7-6-10-22(15-18)29-20-8-4-3-5-9-20;1-5-19-14(18)11-9-17-12(15-10(11)4)8-13(16-17)22-23(24,20-6-2)21-7-3;5-1-7-3-9-2(6)10-4(8-1)11-3;;/h3-15H,16-17H2,1-2H3;8-9H,5-7H2,1-4H3;;;/q;;-2;2*+1. The molecule has 2 aliphatic heterocycles. The Balaban J connectivity index is 0.000000286. The van der Waals surface area contributed by atoms with Crippen LogP contribution in [-0.4, -0.2) is 81.3 Å². The summed E-state index contributed by atoms with van der Waals surface area (Å²) < 4.78 is 86.9. The minimum Gasteiger partial charge on any atom is -0.833 e. The van der Waals surface area contributed by atoms with Crippen molar-refractivity contribution < 1.29 is 138 Å². The Labute approximate surface area is 445 Å². The maximum atomic E-state index is 12.9. The van der Waals surface area contributed by atoms with Crippen LogP contribution in [0.5, 0.6) is 23.1 Å². The number of hydrogen-bond donors (Lipinski definition) is 0. The summed E-state index contributed by atoms with van der Waals surface area (Å²) in [5.41, 5.74) is 3.07. The van der Waals surface area contributed by atoms with Gasteiger partial charge in [-0.15, -0.1) is 5.10 Å². The number of fused-ring (bicyclic) bond motifs is 3. The zero-order valence-corrected chi connectivity index (χ0v) is 45.3. The molecule has 0 radical (unpaired) electrons.